The van der Waals surface area contributed by atoms with Crippen molar-refractivity contribution in [1.29, 1.82) is 0 Å². The first-order valence-corrected chi connectivity index (χ1v) is 6.76. The molecular weight excluding hydrogens is 280 g/mol. The molecule has 0 aromatic heterocycles. The molecule has 22 heavy (non-hydrogen) atoms. The van der Waals surface area contributed by atoms with Crippen molar-refractivity contribution >= 4 is 23.6 Å². The van der Waals surface area contributed by atoms with Gasteiger partial charge in [-0.1, -0.05) is 36.4 Å². The van der Waals surface area contributed by atoms with Gasteiger partial charge in [0.15, 0.2) is 0 Å². The highest BCUT2D eigenvalue weighted by molar-refractivity contribution is 6.31. The molecule has 1 heterocycles. The van der Waals surface area contributed by atoms with E-state index < -0.39 is 5.91 Å². The Kier molecular flexibility index (Phi) is 3.62. The Balaban J connectivity index is 1.97. The molecule has 110 valence electrons. The lowest BCUT2D eigenvalue weighted by Gasteiger charge is -2.13. The molecule has 5 heteroatoms. The lowest BCUT2D eigenvalue weighted by atomic mass is 10.1. The summed E-state index contributed by atoms with van der Waals surface area (Å²) in [5.74, 6) is -0.212. The van der Waals surface area contributed by atoms with E-state index >= 15 is 0 Å². The van der Waals surface area contributed by atoms with E-state index in [-0.39, 0.29) is 11.5 Å². The number of carbonyl (C=O) groups is 2. The number of benzene rings is 2. The van der Waals surface area contributed by atoms with Gasteiger partial charge in [-0.25, -0.2) is 5.01 Å². The molecule has 3 rings (SSSR count). The van der Waals surface area contributed by atoms with Crippen LogP contribution >= 0.6 is 0 Å². The number of nitrogens with zero attached hydrogens (tertiary/aromatic N) is 1. The van der Waals surface area contributed by atoms with E-state index in [0.717, 1.165) is 0 Å². The molecule has 1 aliphatic heterocycles. The lowest BCUT2D eigenvalue weighted by molar-refractivity contribution is -0.117. The molecule has 1 aliphatic rings. The van der Waals surface area contributed by atoms with Gasteiger partial charge in [0, 0.05) is 5.56 Å². The van der Waals surface area contributed by atoms with Crippen molar-refractivity contribution in [2.75, 3.05) is 12.1 Å². The third kappa shape index (κ3) is 2.44. The van der Waals surface area contributed by atoms with Crippen molar-refractivity contribution in [1.82, 2.24) is 5.43 Å². The summed E-state index contributed by atoms with van der Waals surface area (Å²) in [4.78, 5) is 24.5. The summed E-state index contributed by atoms with van der Waals surface area (Å²) in [5, 5.41) is 1.24. The highest BCUT2D eigenvalue weighted by Gasteiger charge is 2.34. The summed E-state index contributed by atoms with van der Waals surface area (Å²) in [6.07, 6.45) is 1.54. The molecule has 5 nitrogen and oxygen atoms in total. The van der Waals surface area contributed by atoms with Crippen LogP contribution in [0, 0.1) is 0 Å². The zero-order chi connectivity index (χ0) is 15.5. The van der Waals surface area contributed by atoms with E-state index in [1.165, 1.54) is 5.01 Å². The first-order valence-electron chi connectivity index (χ1n) is 6.76. The fraction of sp³-hybridized carbons (Fsp3) is 0.0588. The second-order valence-corrected chi connectivity index (χ2v) is 4.72. The molecule has 0 unspecified atom stereocenters. The Morgan fingerprint density at radius 2 is 1.68 bits per heavy atom. The van der Waals surface area contributed by atoms with Gasteiger partial charge in [-0.05, 0) is 24.3 Å². The Morgan fingerprint density at radius 3 is 2.41 bits per heavy atom. The molecule has 2 aromatic rings. The number of hydrogen-bond acceptors (Lipinski definition) is 3. The van der Waals surface area contributed by atoms with Gasteiger partial charge in [0.1, 0.15) is 11.3 Å². The maximum absolute atomic E-state index is 12.5. The third-order valence-electron chi connectivity index (χ3n) is 3.34. The Labute approximate surface area is 127 Å². The predicted molar refractivity (Wildman–Crippen MR) is 83.0 cm³/mol. The molecule has 0 aliphatic carbocycles. The van der Waals surface area contributed by atoms with Gasteiger partial charge in [-0.15, -0.1) is 0 Å². The number of methoxy groups -OCH3 is 1. The number of carbonyl (C=O) groups excluding carboxylic acids is 2. The number of para-hydroxylation sites is 2. The minimum absolute atomic E-state index is 0.0772. The van der Waals surface area contributed by atoms with Crippen molar-refractivity contribution in [2.24, 2.45) is 0 Å². The number of ether oxygens (including phenoxy) is 1. The zero-order valence-electron chi connectivity index (χ0n) is 11.9. The van der Waals surface area contributed by atoms with Gasteiger partial charge in [0.2, 0.25) is 0 Å². The maximum atomic E-state index is 12.5. The van der Waals surface area contributed by atoms with E-state index in [1.807, 2.05) is 18.2 Å². The average molecular weight is 294 g/mol. The van der Waals surface area contributed by atoms with Crippen LogP contribution in [0.25, 0.3) is 6.08 Å². The molecule has 2 amide bonds. The van der Waals surface area contributed by atoms with E-state index in [9.17, 15) is 9.59 Å². The molecule has 0 radical (unpaired) electrons. The second kappa shape index (κ2) is 5.73. The van der Waals surface area contributed by atoms with Gasteiger partial charge in [0.05, 0.1) is 12.8 Å². The highest BCUT2D eigenvalue weighted by atomic mass is 16.5. The summed E-state index contributed by atoms with van der Waals surface area (Å²) < 4.78 is 5.24. The summed E-state index contributed by atoms with van der Waals surface area (Å²) in [7, 11) is 1.55. The van der Waals surface area contributed by atoms with E-state index in [4.69, 9.17) is 4.74 Å². The molecule has 2 aromatic carbocycles. The Hall–Kier alpha value is -3.08. The number of rotatable bonds is 3. The minimum atomic E-state index is -0.431. The van der Waals surface area contributed by atoms with Crippen LogP contribution in [0.3, 0.4) is 0 Å². The molecule has 0 saturated carbocycles. The molecule has 0 atom stereocenters. The van der Waals surface area contributed by atoms with Crippen molar-refractivity contribution in [3.63, 3.8) is 0 Å². The number of anilines is 1. The average Bonchev–Trinajstić information content (AvgIpc) is 2.84. The standard InChI is InChI=1S/C17H14N2O3/c1-22-15-10-6-5-7-12(15)11-14-16(20)18-19(17(14)21)13-8-3-2-4-9-13/h2-11H,1H3,(H,18,20). The smallest absolute Gasteiger partial charge is 0.282 e. The van der Waals surface area contributed by atoms with Gasteiger partial charge < -0.3 is 4.74 Å². The van der Waals surface area contributed by atoms with Crippen LogP contribution < -0.4 is 15.2 Å². The predicted octanol–water partition coefficient (Wildman–Crippen LogP) is 2.16. The van der Waals surface area contributed by atoms with Crippen LogP contribution in [0.1, 0.15) is 5.56 Å². The summed E-state index contributed by atoms with van der Waals surface area (Å²) >= 11 is 0. The minimum Gasteiger partial charge on any atom is -0.496 e. The van der Waals surface area contributed by atoms with Gasteiger partial charge in [-0.2, -0.15) is 0 Å². The van der Waals surface area contributed by atoms with E-state index in [2.05, 4.69) is 5.43 Å². The van der Waals surface area contributed by atoms with Crippen molar-refractivity contribution in [3.05, 3.63) is 65.7 Å². The summed E-state index contributed by atoms with van der Waals surface area (Å²) in [6.45, 7) is 0. The topological polar surface area (TPSA) is 58.6 Å². The van der Waals surface area contributed by atoms with Crippen LogP contribution in [-0.2, 0) is 9.59 Å². The fourth-order valence-electron chi connectivity index (χ4n) is 2.26. The third-order valence-corrected chi connectivity index (χ3v) is 3.34. The SMILES string of the molecule is COc1ccccc1C=C1C(=O)NN(c2ccccc2)C1=O. The van der Waals surface area contributed by atoms with Crippen molar-refractivity contribution in [2.45, 2.75) is 0 Å². The Morgan fingerprint density at radius 1 is 1.00 bits per heavy atom. The number of nitrogens with one attached hydrogen (secondary N) is 1. The molecule has 0 bridgehead atoms. The highest BCUT2D eigenvalue weighted by Crippen LogP contribution is 2.24. The van der Waals surface area contributed by atoms with Crippen LogP contribution in [0.4, 0.5) is 5.69 Å². The maximum Gasteiger partial charge on any atom is 0.282 e. The van der Waals surface area contributed by atoms with Crippen molar-refractivity contribution < 1.29 is 14.3 Å². The van der Waals surface area contributed by atoms with E-state index in [1.54, 1.807) is 49.6 Å². The fourth-order valence-corrected chi connectivity index (χ4v) is 2.26. The lowest BCUT2D eigenvalue weighted by Crippen LogP contribution is -2.35. The van der Waals surface area contributed by atoms with Gasteiger partial charge in [0.25, 0.3) is 11.8 Å². The van der Waals surface area contributed by atoms with Crippen LogP contribution in [0.5, 0.6) is 5.75 Å². The summed E-state index contributed by atoms with van der Waals surface area (Å²) in [6, 6.07) is 16.2. The molecular formula is C17H14N2O3. The zero-order valence-corrected chi connectivity index (χ0v) is 11.9. The number of hydrazine groups is 1. The second-order valence-electron chi connectivity index (χ2n) is 4.72. The van der Waals surface area contributed by atoms with Crippen LogP contribution in [0.15, 0.2) is 60.2 Å². The molecule has 0 spiro atoms. The summed E-state index contributed by atoms with van der Waals surface area (Å²) in [5.41, 5.74) is 3.93. The van der Waals surface area contributed by atoms with E-state index in [0.29, 0.717) is 17.0 Å². The Bertz CT molecular complexity index is 754. The largest absolute Gasteiger partial charge is 0.496 e. The number of hydrogen-bond donors (Lipinski definition) is 1. The van der Waals surface area contributed by atoms with Crippen molar-refractivity contribution in [3.8, 4) is 5.75 Å². The van der Waals surface area contributed by atoms with Gasteiger partial charge in [-0.3, -0.25) is 15.0 Å². The number of amides is 2. The van der Waals surface area contributed by atoms with Crippen LogP contribution in [-0.4, -0.2) is 18.9 Å². The first-order chi connectivity index (χ1) is 10.7. The molecule has 1 N–H and O–H groups in total. The molecule has 1 saturated heterocycles. The molecule has 1 fully saturated rings. The first kappa shape index (κ1) is 13.9. The van der Waals surface area contributed by atoms with Gasteiger partial charge >= 0.3 is 0 Å². The monoisotopic (exact) mass is 294 g/mol. The quantitative estimate of drug-likeness (QED) is 0.697. The normalized spacial score (nSPS) is 16.0. The van der Waals surface area contributed by atoms with Crippen LogP contribution in [0.2, 0.25) is 0 Å².